The zero-order valence-electron chi connectivity index (χ0n) is 10.6. The van der Waals surface area contributed by atoms with Crippen LogP contribution in [0.2, 0.25) is 0 Å². The van der Waals surface area contributed by atoms with Crippen LogP contribution in [0.5, 0.6) is 0 Å². The molecule has 0 unspecified atom stereocenters. The molecule has 0 saturated heterocycles. The van der Waals surface area contributed by atoms with Crippen LogP contribution in [0.25, 0.3) is 5.52 Å². The van der Waals surface area contributed by atoms with Gasteiger partial charge in [0, 0.05) is 12.7 Å². The Balaban J connectivity index is 1.75. The molecule has 0 aliphatic heterocycles. The van der Waals surface area contributed by atoms with E-state index in [1.54, 1.807) is 22.8 Å². The maximum Gasteiger partial charge on any atom is 0.255 e. The van der Waals surface area contributed by atoms with Gasteiger partial charge in [0.25, 0.3) is 5.91 Å². The predicted octanol–water partition coefficient (Wildman–Crippen LogP) is 2.40. The molecule has 0 atom stereocenters. The van der Waals surface area contributed by atoms with Crippen molar-refractivity contribution in [3.8, 4) is 0 Å². The van der Waals surface area contributed by atoms with E-state index in [4.69, 9.17) is 0 Å². The molecule has 20 heavy (non-hydrogen) atoms. The summed E-state index contributed by atoms with van der Waals surface area (Å²) in [4.78, 5) is 12.1. The molecule has 1 amide bonds. The number of nitrogens with zero attached hydrogens (tertiary/aromatic N) is 2. The van der Waals surface area contributed by atoms with Crippen LogP contribution in [-0.2, 0) is 6.54 Å². The maximum atomic E-state index is 12.8. The van der Waals surface area contributed by atoms with Crippen LogP contribution in [-0.4, -0.2) is 15.5 Å². The second kappa shape index (κ2) is 5.13. The molecule has 2 aromatic heterocycles. The van der Waals surface area contributed by atoms with Gasteiger partial charge in [0.05, 0.1) is 17.3 Å². The highest BCUT2D eigenvalue weighted by Crippen LogP contribution is 2.10. The number of fused-ring (bicyclic) bond motifs is 1. The molecule has 0 bridgehead atoms. The molecule has 1 aromatic carbocycles. The molecule has 0 aliphatic rings. The predicted molar refractivity (Wildman–Crippen MR) is 72.8 cm³/mol. The topological polar surface area (TPSA) is 46.4 Å². The van der Waals surface area contributed by atoms with Gasteiger partial charge >= 0.3 is 0 Å². The van der Waals surface area contributed by atoms with Crippen molar-refractivity contribution in [1.29, 1.82) is 0 Å². The molecule has 5 heteroatoms. The van der Waals surface area contributed by atoms with E-state index < -0.39 is 0 Å². The third-order valence-electron chi connectivity index (χ3n) is 3.04. The van der Waals surface area contributed by atoms with Crippen molar-refractivity contribution in [1.82, 2.24) is 14.9 Å². The molecule has 0 radical (unpaired) electrons. The number of halogens is 1. The zero-order chi connectivity index (χ0) is 13.9. The summed E-state index contributed by atoms with van der Waals surface area (Å²) in [6, 6.07) is 11.6. The van der Waals surface area contributed by atoms with Crippen molar-refractivity contribution in [2.75, 3.05) is 0 Å². The first-order valence-corrected chi connectivity index (χ1v) is 6.19. The largest absolute Gasteiger partial charge is 0.348 e. The molecule has 4 nitrogen and oxygen atoms in total. The third-order valence-corrected chi connectivity index (χ3v) is 3.04. The molecule has 0 spiro atoms. The Hall–Kier alpha value is -2.69. The number of carbonyl (C=O) groups is 1. The average Bonchev–Trinajstić information content (AvgIpc) is 2.90. The van der Waals surface area contributed by atoms with E-state index in [1.165, 1.54) is 18.3 Å². The molecular formula is C15H12FN3O. The number of hydrogen-bond donors (Lipinski definition) is 1. The lowest BCUT2D eigenvalue weighted by atomic mass is 10.2. The van der Waals surface area contributed by atoms with E-state index in [0.29, 0.717) is 12.1 Å². The third kappa shape index (κ3) is 2.38. The number of pyridine rings is 1. The van der Waals surface area contributed by atoms with Crippen molar-refractivity contribution in [2.45, 2.75) is 6.54 Å². The number of nitrogens with one attached hydrogen (secondary N) is 1. The Morgan fingerprint density at radius 1 is 1.20 bits per heavy atom. The minimum Gasteiger partial charge on any atom is -0.348 e. The number of carbonyl (C=O) groups excluding carboxylic acids is 1. The first kappa shape index (κ1) is 12.3. The summed E-state index contributed by atoms with van der Waals surface area (Å²) in [7, 11) is 0. The Morgan fingerprint density at radius 3 is 2.80 bits per heavy atom. The molecule has 1 N–H and O–H groups in total. The van der Waals surface area contributed by atoms with Gasteiger partial charge in [0.2, 0.25) is 0 Å². The lowest BCUT2D eigenvalue weighted by molar-refractivity contribution is 0.0952. The smallest absolute Gasteiger partial charge is 0.255 e. The molecule has 3 rings (SSSR count). The fourth-order valence-electron chi connectivity index (χ4n) is 1.99. The molecule has 100 valence electrons. The Labute approximate surface area is 114 Å². The second-order valence-corrected chi connectivity index (χ2v) is 4.40. The highest BCUT2D eigenvalue weighted by molar-refractivity contribution is 6.00. The van der Waals surface area contributed by atoms with Gasteiger partial charge in [0.1, 0.15) is 5.82 Å². The van der Waals surface area contributed by atoms with Gasteiger partial charge in [-0.05, 0) is 29.8 Å². The van der Waals surface area contributed by atoms with Gasteiger partial charge in [-0.25, -0.2) is 8.91 Å². The molecule has 2 heterocycles. The van der Waals surface area contributed by atoms with Gasteiger partial charge in [-0.2, -0.15) is 5.10 Å². The minimum absolute atomic E-state index is 0.199. The molecule has 3 aromatic rings. The van der Waals surface area contributed by atoms with E-state index in [0.717, 1.165) is 11.1 Å². The second-order valence-electron chi connectivity index (χ2n) is 4.40. The monoisotopic (exact) mass is 269 g/mol. The summed E-state index contributed by atoms with van der Waals surface area (Å²) in [5, 5.41) is 6.91. The molecule has 0 fully saturated rings. The van der Waals surface area contributed by atoms with Crippen LogP contribution in [0.4, 0.5) is 4.39 Å². The number of amides is 1. The lowest BCUT2D eigenvalue weighted by Crippen LogP contribution is -2.22. The highest BCUT2D eigenvalue weighted by Gasteiger charge is 2.11. The van der Waals surface area contributed by atoms with Crippen LogP contribution in [0.15, 0.2) is 54.9 Å². The van der Waals surface area contributed by atoms with E-state index >= 15 is 0 Å². The highest BCUT2D eigenvalue weighted by atomic mass is 19.1. The van der Waals surface area contributed by atoms with E-state index in [-0.39, 0.29) is 11.7 Å². The van der Waals surface area contributed by atoms with Gasteiger partial charge in [-0.3, -0.25) is 4.79 Å². The van der Waals surface area contributed by atoms with Crippen LogP contribution in [0, 0.1) is 5.82 Å². The van der Waals surface area contributed by atoms with Crippen LogP contribution >= 0.6 is 0 Å². The SMILES string of the molecule is O=C(NCc1ccc(F)cc1)c1cnn2ccccc12. The fourth-order valence-corrected chi connectivity index (χ4v) is 1.99. The normalized spacial score (nSPS) is 10.7. The standard InChI is InChI=1S/C15H12FN3O/c16-12-6-4-11(5-7-12)9-17-15(20)13-10-18-19-8-2-1-3-14(13)19/h1-8,10H,9H2,(H,17,20). The Kier molecular flexibility index (Phi) is 3.16. The summed E-state index contributed by atoms with van der Waals surface area (Å²) in [6.07, 6.45) is 3.32. The van der Waals surface area contributed by atoms with E-state index in [1.807, 2.05) is 18.2 Å². The fraction of sp³-hybridized carbons (Fsp3) is 0.0667. The van der Waals surface area contributed by atoms with Gasteiger partial charge < -0.3 is 5.32 Å². The first-order chi connectivity index (χ1) is 9.74. The molecular weight excluding hydrogens is 257 g/mol. The molecule has 0 saturated carbocycles. The first-order valence-electron chi connectivity index (χ1n) is 6.19. The van der Waals surface area contributed by atoms with Crippen LogP contribution < -0.4 is 5.32 Å². The van der Waals surface area contributed by atoms with Crippen LogP contribution in [0.3, 0.4) is 0 Å². The van der Waals surface area contributed by atoms with E-state index in [9.17, 15) is 9.18 Å². The van der Waals surface area contributed by atoms with Gasteiger partial charge in [-0.1, -0.05) is 18.2 Å². The number of hydrogen-bond acceptors (Lipinski definition) is 2. The maximum absolute atomic E-state index is 12.8. The number of benzene rings is 1. The summed E-state index contributed by atoms with van der Waals surface area (Å²) in [5.74, 6) is -0.488. The lowest BCUT2D eigenvalue weighted by Gasteiger charge is -2.04. The van der Waals surface area contributed by atoms with Crippen LogP contribution in [0.1, 0.15) is 15.9 Å². The number of aromatic nitrogens is 2. The average molecular weight is 269 g/mol. The van der Waals surface area contributed by atoms with Crippen molar-refractivity contribution in [3.05, 3.63) is 71.8 Å². The minimum atomic E-state index is -0.289. The van der Waals surface area contributed by atoms with E-state index in [2.05, 4.69) is 10.4 Å². The Morgan fingerprint density at radius 2 is 2.00 bits per heavy atom. The Bertz CT molecular complexity index is 749. The van der Waals surface area contributed by atoms with Gasteiger partial charge in [-0.15, -0.1) is 0 Å². The van der Waals surface area contributed by atoms with Crippen molar-refractivity contribution >= 4 is 11.4 Å². The summed E-state index contributed by atoms with van der Waals surface area (Å²) < 4.78 is 14.4. The number of rotatable bonds is 3. The van der Waals surface area contributed by atoms with Gasteiger partial charge in [0.15, 0.2) is 0 Å². The van der Waals surface area contributed by atoms with Crippen molar-refractivity contribution < 1.29 is 9.18 Å². The summed E-state index contributed by atoms with van der Waals surface area (Å²) >= 11 is 0. The summed E-state index contributed by atoms with van der Waals surface area (Å²) in [5.41, 5.74) is 2.12. The van der Waals surface area contributed by atoms with Crippen molar-refractivity contribution in [2.24, 2.45) is 0 Å². The molecule has 0 aliphatic carbocycles. The van der Waals surface area contributed by atoms with Crippen molar-refractivity contribution in [3.63, 3.8) is 0 Å². The zero-order valence-corrected chi connectivity index (χ0v) is 10.6. The summed E-state index contributed by atoms with van der Waals surface area (Å²) in [6.45, 7) is 0.350. The quantitative estimate of drug-likeness (QED) is 0.793.